The second kappa shape index (κ2) is 12.0. The maximum absolute atomic E-state index is 13.2. The van der Waals surface area contributed by atoms with E-state index in [2.05, 4.69) is 40.0 Å². The van der Waals surface area contributed by atoms with E-state index < -0.39 is 6.04 Å². The molecule has 0 fully saturated rings. The van der Waals surface area contributed by atoms with Gasteiger partial charge in [-0.2, -0.15) is 5.10 Å². The van der Waals surface area contributed by atoms with Gasteiger partial charge in [-0.05, 0) is 46.4 Å². The zero-order valence-corrected chi connectivity index (χ0v) is 21.3. The number of hydrogen-bond donors (Lipinski definition) is 2. The van der Waals surface area contributed by atoms with Gasteiger partial charge in [-0.3, -0.25) is 14.3 Å². The van der Waals surface area contributed by atoms with Crippen molar-refractivity contribution in [3.05, 3.63) is 108 Å². The van der Waals surface area contributed by atoms with Crippen molar-refractivity contribution < 1.29 is 14.3 Å². The van der Waals surface area contributed by atoms with Crippen LogP contribution in [0.15, 0.2) is 91.3 Å². The summed E-state index contributed by atoms with van der Waals surface area (Å²) in [5.74, 6) is -0.215. The lowest BCUT2D eigenvalue weighted by atomic mass is 9.98. The normalized spacial score (nSPS) is 11.7. The van der Waals surface area contributed by atoms with E-state index in [-0.39, 0.29) is 17.7 Å². The van der Waals surface area contributed by atoms with E-state index in [1.165, 1.54) is 7.11 Å². The van der Waals surface area contributed by atoms with Crippen molar-refractivity contribution in [1.29, 1.82) is 0 Å². The first-order valence-electron chi connectivity index (χ1n) is 12.3. The molecule has 0 aliphatic heterocycles. The Bertz CT molecular complexity index is 1330. The van der Waals surface area contributed by atoms with Gasteiger partial charge >= 0.3 is 0 Å². The van der Waals surface area contributed by atoms with Crippen LogP contribution in [-0.4, -0.2) is 34.7 Å². The summed E-state index contributed by atoms with van der Waals surface area (Å²) in [4.78, 5) is 26.1. The van der Waals surface area contributed by atoms with Gasteiger partial charge in [0.15, 0.2) is 0 Å². The average molecular weight is 497 g/mol. The molecule has 0 saturated heterocycles. The fourth-order valence-electron chi connectivity index (χ4n) is 4.21. The number of benzene rings is 3. The van der Waals surface area contributed by atoms with Gasteiger partial charge in [-0.1, -0.05) is 74.5 Å². The van der Waals surface area contributed by atoms with Crippen LogP contribution in [0.25, 0.3) is 11.1 Å². The fourth-order valence-corrected chi connectivity index (χ4v) is 4.21. The van der Waals surface area contributed by atoms with Crippen LogP contribution in [0.2, 0.25) is 0 Å². The maximum atomic E-state index is 13.2. The van der Waals surface area contributed by atoms with Gasteiger partial charge in [-0.25, -0.2) is 0 Å². The largest absolute Gasteiger partial charge is 0.496 e. The minimum Gasteiger partial charge on any atom is -0.496 e. The Balaban J connectivity index is 1.44. The molecule has 0 saturated carbocycles. The predicted octanol–water partition coefficient (Wildman–Crippen LogP) is 4.68. The Hall–Kier alpha value is -4.39. The van der Waals surface area contributed by atoms with Crippen molar-refractivity contribution >= 4 is 11.8 Å². The summed E-state index contributed by atoms with van der Waals surface area (Å²) >= 11 is 0. The molecule has 4 aromatic rings. The second-order valence-corrected chi connectivity index (χ2v) is 9.17. The lowest BCUT2D eigenvalue weighted by molar-refractivity contribution is -0.124. The molecule has 7 nitrogen and oxygen atoms in total. The Morgan fingerprint density at radius 3 is 2.38 bits per heavy atom. The highest BCUT2D eigenvalue weighted by molar-refractivity contribution is 5.99. The summed E-state index contributed by atoms with van der Waals surface area (Å²) in [5, 5.41) is 10.2. The van der Waals surface area contributed by atoms with E-state index in [0.717, 1.165) is 22.3 Å². The number of ether oxygens (including phenoxy) is 1. The molecule has 0 aliphatic carbocycles. The third-order valence-corrected chi connectivity index (χ3v) is 6.23. The number of para-hydroxylation sites is 1. The van der Waals surface area contributed by atoms with Gasteiger partial charge in [0.25, 0.3) is 5.91 Å². The molecule has 4 rings (SSSR count). The third-order valence-electron chi connectivity index (χ3n) is 6.23. The van der Waals surface area contributed by atoms with E-state index in [9.17, 15) is 9.59 Å². The Morgan fingerprint density at radius 1 is 0.946 bits per heavy atom. The Kier molecular flexibility index (Phi) is 8.36. The molecule has 37 heavy (non-hydrogen) atoms. The summed E-state index contributed by atoms with van der Waals surface area (Å²) in [6, 6.07) is 24.5. The van der Waals surface area contributed by atoms with E-state index in [1.54, 1.807) is 30.5 Å². The standard InChI is InChI=1S/C30H32N4O3/c1-21(2)28(33-29(35)26-11-6-7-12-27(26)37-3)30(36)31-19-24-9-4-5-10-25(24)23-15-13-22(14-16-23)20-34-18-8-17-32-34/h4-18,21,28H,19-20H2,1-3H3,(H,31,36)(H,33,35). The summed E-state index contributed by atoms with van der Waals surface area (Å²) in [5.41, 5.74) is 4.66. The SMILES string of the molecule is COc1ccccc1C(=O)NC(C(=O)NCc1ccccc1-c1ccc(Cn2cccn2)cc1)C(C)C. The monoisotopic (exact) mass is 496 g/mol. The van der Waals surface area contributed by atoms with Crippen LogP contribution in [0.3, 0.4) is 0 Å². The van der Waals surface area contributed by atoms with Gasteiger partial charge in [0, 0.05) is 18.9 Å². The number of carbonyl (C=O) groups excluding carboxylic acids is 2. The highest BCUT2D eigenvalue weighted by Gasteiger charge is 2.25. The molecule has 0 spiro atoms. The summed E-state index contributed by atoms with van der Waals surface area (Å²) in [7, 11) is 1.52. The number of aromatic nitrogens is 2. The highest BCUT2D eigenvalue weighted by Crippen LogP contribution is 2.24. The molecule has 7 heteroatoms. The van der Waals surface area contributed by atoms with E-state index in [1.807, 2.05) is 55.1 Å². The molecular weight excluding hydrogens is 464 g/mol. The van der Waals surface area contributed by atoms with Crippen molar-refractivity contribution in [3.8, 4) is 16.9 Å². The van der Waals surface area contributed by atoms with Gasteiger partial charge in [0.05, 0.1) is 19.2 Å². The molecule has 0 radical (unpaired) electrons. The minimum atomic E-state index is -0.689. The number of rotatable bonds is 10. The maximum Gasteiger partial charge on any atom is 0.255 e. The first-order chi connectivity index (χ1) is 18.0. The molecule has 1 heterocycles. The van der Waals surface area contributed by atoms with Crippen LogP contribution in [0.5, 0.6) is 5.75 Å². The first-order valence-corrected chi connectivity index (χ1v) is 12.3. The molecule has 190 valence electrons. The zero-order chi connectivity index (χ0) is 26.2. The summed E-state index contributed by atoms with van der Waals surface area (Å²) in [6.07, 6.45) is 3.71. The van der Waals surface area contributed by atoms with Gasteiger partial charge in [-0.15, -0.1) is 0 Å². The number of hydrogen-bond acceptors (Lipinski definition) is 4. The van der Waals surface area contributed by atoms with Crippen LogP contribution < -0.4 is 15.4 Å². The van der Waals surface area contributed by atoms with Crippen molar-refractivity contribution in [2.45, 2.75) is 33.0 Å². The molecule has 1 unspecified atom stereocenters. The molecule has 2 amide bonds. The molecule has 1 aromatic heterocycles. The number of methoxy groups -OCH3 is 1. The number of nitrogens with zero attached hydrogens (tertiary/aromatic N) is 2. The predicted molar refractivity (Wildman–Crippen MR) is 144 cm³/mol. The summed E-state index contributed by atoms with van der Waals surface area (Å²) < 4.78 is 7.18. The van der Waals surface area contributed by atoms with Crippen molar-refractivity contribution in [2.75, 3.05) is 7.11 Å². The smallest absolute Gasteiger partial charge is 0.255 e. The van der Waals surface area contributed by atoms with E-state index in [4.69, 9.17) is 4.74 Å². The average Bonchev–Trinajstić information content (AvgIpc) is 3.43. The van der Waals surface area contributed by atoms with Crippen LogP contribution in [0.4, 0.5) is 0 Å². The molecule has 0 aliphatic rings. The highest BCUT2D eigenvalue weighted by atomic mass is 16.5. The van der Waals surface area contributed by atoms with E-state index >= 15 is 0 Å². The van der Waals surface area contributed by atoms with Gasteiger partial charge in [0.1, 0.15) is 11.8 Å². The van der Waals surface area contributed by atoms with Crippen LogP contribution in [0, 0.1) is 5.92 Å². The molecule has 2 N–H and O–H groups in total. The Labute approximate surface area is 217 Å². The van der Waals surface area contributed by atoms with Crippen molar-refractivity contribution in [2.24, 2.45) is 5.92 Å². The van der Waals surface area contributed by atoms with Crippen LogP contribution >= 0.6 is 0 Å². The second-order valence-electron chi connectivity index (χ2n) is 9.17. The topological polar surface area (TPSA) is 85.2 Å². The molecular formula is C30H32N4O3. The molecule has 3 aromatic carbocycles. The third kappa shape index (κ3) is 6.44. The zero-order valence-electron chi connectivity index (χ0n) is 21.3. The first kappa shape index (κ1) is 25.7. The number of nitrogens with one attached hydrogen (secondary N) is 2. The summed E-state index contributed by atoms with van der Waals surface area (Å²) in [6.45, 7) is 4.87. The fraction of sp³-hybridized carbons (Fsp3) is 0.233. The number of amides is 2. The van der Waals surface area contributed by atoms with Crippen LogP contribution in [-0.2, 0) is 17.9 Å². The van der Waals surface area contributed by atoms with E-state index in [0.29, 0.717) is 24.4 Å². The lowest BCUT2D eigenvalue weighted by Crippen LogP contribution is -2.49. The lowest BCUT2D eigenvalue weighted by Gasteiger charge is -2.22. The molecule has 1 atom stereocenters. The quantitative estimate of drug-likeness (QED) is 0.334. The van der Waals surface area contributed by atoms with Crippen molar-refractivity contribution in [3.63, 3.8) is 0 Å². The number of carbonyl (C=O) groups is 2. The van der Waals surface area contributed by atoms with Crippen molar-refractivity contribution in [1.82, 2.24) is 20.4 Å². The van der Waals surface area contributed by atoms with Crippen LogP contribution in [0.1, 0.15) is 35.3 Å². The minimum absolute atomic E-state index is 0.101. The van der Waals surface area contributed by atoms with Gasteiger partial charge in [0.2, 0.25) is 5.91 Å². The van der Waals surface area contributed by atoms with Gasteiger partial charge < -0.3 is 15.4 Å². The molecule has 0 bridgehead atoms. The Morgan fingerprint density at radius 2 is 1.68 bits per heavy atom.